The molecule has 1 saturated heterocycles. The lowest BCUT2D eigenvalue weighted by Gasteiger charge is -2.33. The molecule has 27 heavy (non-hydrogen) atoms. The van der Waals surface area contributed by atoms with Gasteiger partial charge in [0.2, 0.25) is 10.0 Å². The topological polar surface area (TPSA) is 49.9 Å². The maximum absolute atomic E-state index is 13.5. The number of benzene rings is 2. The Kier molecular flexibility index (Phi) is 6.41. The van der Waals surface area contributed by atoms with Crippen molar-refractivity contribution in [3.05, 3.63) is 65.7 Å². The van der Waals surface area contributed by atoms with Crippen LogP contribution in [0.3, 0.4) is 0 Å². The minimum absolute atomic E-state index is 0.135. The van der Waals surface area contributed by atoms with Gasteiger partial charge in [-0.1, -0.05) is 24.3 Å². The first-order chi connectivity index (χ1) is 12.9. The van der Waals surface area contributed by atoms with Crippen LogP contribution in [0.1, 0.15) is 5.56 Å². The number of hydrogen-bond acceptors (Lipinski definition) is 4. The zero-order valence-corrected chi connectivity index (χ0v) is 15.7. The van der Waals surface area contributed by atoms with Crippen molar-refractivity contribution in [2.24, 2.45) is 0 Å². The summed E-state index contributed by atoms with van der Waals surface area (Å²) in [7, 11) is -3.44. The van der Waals surface area contributed by atoms with Gasteiger partial charge in [0.05, 0.1) is 5.75 Å². The lowest BCUT2D eigenvalue weighted by atomic mass is 10.2. The third kappa shape index (κ3) is 5.47. The predicted molar refractivity (Wildman–Crippen MR) is 98.9 cm³/mol. The molecule has 1 aliphatic rings. The van der Waals surface area contributed by atoms with Gasteiger partial charge in [0.1, 0.15) is 12.4 Å². The average molecular weight is 396 g/mol. The number of para-hydroxylation sites is 1. The first-order valence-electron chi connectivity index (χ1n) is 8.76. The number of rotatable bonds is 7. The van der Waals surface area contributed by atoms with Crippen LogP contribution in [0.5, 0.6) is 5.75 Å². The fraction of sp³-hybridized carbons (Fsp3) is 0.368. The van der Waals surface area contributed by atoms with Gasteiger partial charge in [0.25, 0.3) is 0 Å². The highest BCUT2D eigenvalue weighted by atomic mass is 32.2. The summed E-state index contributed by atoms with van der Waals surface area (Å²) in [6, 6.07) is 11.7. The van der Waals surface area contributed by atoms with Crippen molar-refractivity contribution in [2.75, 3.05) is 39.3 Å². The molecule has 0 amide bonds. The minimum Gasteiger partial charge on any atom is -0.489 e. The molecule has 1 heterocycles. The van der Waals surface area contributed by atoms with Crippen LogP contribution in [0.25, 0.3) is 0 Å². The van der Waals surface area contributed by atoms with E-state index in [9.17, 15) is 17.2 Å². The van der Waals surface area contributed by atoms with E-state index in [1.807, 2.05) is 0 Å². The molecular formula is C19H22F2N2O3S. The molecule has 0 aliphatic carbocycles. The Labute approximate surface area is 158 Å². The number of nitrogens with zero attached hydrogens (tertiary/aromatic N) is 2. The maximum Gasteiger partial charge on any atom is 0.218 e. The Morgan fingerprint density at radius 1 is 0.926 bits per heavy atom. The summed E-state index contributed by atoms with van der Waals surface area (Å²) in [4.78, 5) is 2.09. The fourth-order valence-corrected chi connectivity index (χ4v) is 4.48. The normalized spacial score (nSPS) is 16.4. The number of halogens is 2. The summed E-state index contributed by atoms with van der Waals surface area (Å²) in [5, 5.41) is 0. The molecule has 1 aliphatic heterocycles. The zero-order chi connectivity index (χ0) is 19.3. The van der Waals surface area contributed by atoms with E-state index in [4.69, 9.17) is 4.74 Å². The largest absolute Gasteiger partial charge is 0.489 e. The van der Waals surface area contributed by atoms with E-state index in [1.54, 1.807) is 18.2 Å². The Morgan fingerprint density at radius 2 is 1.59 bits per heavy atom. The van der Waals surface area contributed by atoms with E-state index in [0.717, 1.165) is 0 Å². The van der Waals surface area contributed by atoms with E-state index in [-0.39, 0.29) is 17.3 Å². The van der Waals surface area contributed by atoms with Crippen LogP contribution in [0, 0.1) is 11.6 Å². The lowest BCUT2D eigenvalue weighted by molar-refractivity contribution is 0.157. The smallest absolute Gasteiger partial charge is 0.218 e. The number of piperazine rings is 1. The standard InChI is InChI=1S/C19H22F2N2O3S/c20-17-7-5-16(6-8-17)15-27(24,25)23-11-9-22(10-12-23)13-14-26-19-4-2-1-3-18(19)21/h1-8H,9-15H2. The summed E-state index contributed by atoms with van der Waals surface area (Å²) in [5.41, 5.74) is 0.567. The second-order valence-corrected chi connectivity index (χ2v) is 8.37. The van der Waals surface area contributed by atoms with Gasteiger partial charge < -0.3 is 4.74 Å². The molecule has 0 bridgehead atoms. The Balaban J connectivity index is 1.45. The van der Waals surface area contributed by atoms with Crippen LogP contribution < -0.4 is 4.74 Å². The molecule has 2 aromatic rings. The van der Waals surface area contributed by atoms with Crippen LogP contribution in [0.2, 0.25) is 0 Å². The van der Waals surface area contributed by atoms with Crippen LogP contribution in [0.15, 0.2) is 48.5 Å². The Bertz CT molecular complexity index is 852. The molecule has 2 aromatic carbocycles. The van der Waals surface area contributed by atoms with Gasteiger partial charge in [0.15, 0.2) is 11.6 Å². The maximum atomic E-state index is 13.5. The molecule has 0 spiro atoms. The molecule has 1 fully saturated rings. The first-order valence-corrected chi connectivity index (χ1v) is 10.4. The monoisotopic (exact) mass is 396 g/mol. The minimum atomic E-state index is -3.44. The number of ether oxygens (including phenoxy) is 1. The molecule has 146 valence electrons. The number of hydrogen-bond donors (Lipinski definition) is 0. The van der Waals surface area contributed by atoms with Gasteiger partial charge in [-0.05, 0) is 29.8 Å². The second kappa shape index (κ2) is 8.77. The van der Waals surface area contributed by atoms with Crippen molar-refractivity contribution in [1.29, 1.82) is 0 Å². The molecule has 8 heteroatoms. The summed E-state index contributed by atoms with van der Waals surface area (Å²) >= 11 is 0. The van der Waals surface area contributed by atoms with Gasteiger partial charge >= 0.3 is 0 Å². The Morgan fingerprint density at radius 3 is 2.26 bits per heavy atom. The fourth-order valence-electron chi connectivity index (χ4n) is 2.96. The highest BCUT2D eigenvalue weighted by Gasteiger charge is 2.27. The molecule has 0 saturated carbocycles. The summed E-state index contributed by atoms with van der Waals surface area (Å²) in [5.74, 6) is -0.696. The summed E-state index contributed by atoms with van der Waals surface area (Å²) in [6.45, 7) is 2.89. The molecular weight excluding hydrogens is 374 g/mol. The zero-order valence-electron chi connectivity index (χ0n) is 14.9. The van der Waals surface area contributed by atoms with Crippen molar-refractivity contribution >= 4 is 10.0 Å². The van der Waals surface area contributed by atoms with Crippen molar-refractivity contribution in [3.63, 3.8) is 0 Å². The molecule has 0 aromatic heterocycles. The lowest BCUT2D eigenvalue weighted by Crippen LogP contribution is -2.49. The van der Waals surface area contributed by atoms with Gasteiger partial charge in [0, 0.05) is 32.7 Å². The highest BCUT2D eigenvalue weighted by molar-refractivity contribution is 7.88. The summed E-state index contributed by atoms with van der Waals surface area (Å²) < 4.78 is 58.4. The second-order valence-electron chi connectivity index (χ2n) is 6.40. The number of sulfonamides is 1. The van der Waals surface area contributed by atoms with Gasteiger partial charge in [-0.3, -0.25) is 4.90 Å². The van der Waals surface area contributed by atoms with Gasteiger partial charge in [-0.2, -0.15) is 4.31 Å². The van der Waals surface area contributed by atoms with Crippen molar-refractivity contribution in [1.82, 2.24) is 9.21 Å². The predicted octanol–water partition coefficient (Wildman–Crippen LogP) is 2.49. The highest BCUT2D eigenvalue weighted by Crippen LogP contribution is 2.16. The molecule has 0 N–H and O–H groups in total. The van der Waals surface area contributed by atoms with Crippen molar-refractivity contribution in [2.45, 2.75) is 5.75 Å². The van der Waals surface area contributed by atoms with E-state index in [1.165, 1.54) is 34.6 Å². The molecule has 5 nitrogen and oxygen atoms in total. The Hall–Kier alpha value is -2.03. The molecule has 3 rings (SSSR count). The quantitative estimate of drug-likeness (QED) is 0.722. The van der Waals surface area contributed by atoms with Crippen LogP contribution >= 0.6 is 0 Å². The van der Waals surface area contributed by atoms with Gasteiger partial charge in [-0.15, -0.1) is 0 Å². The van der Waals surface area contributed by atoms with Crippen molar-refractivity contribution < 1.29 is 21.9 Å². The van der Waals surface area contributed by atoms with E-state index < -0.39 is 15.8 Å². The molecule has 0 atom stereocenters. The summed E-state index contributed by atoms with van der Waals surface area (Å²) in [6.07, 6.45) is 0. The van der Waals surface area contributed by atoms with E-state index in [0.29, 0.717) is 44.9 Å². The first kappa shape index (κ1) is 19.7. The molecule has 0 unspecified atom stereocenters. The average Bonchev–Trinajstić information content (AvgIpc) is 2.65. The molecule has 0 radical (unpaired) electrons. The van der Waals surface area contributed by atoms with Crippen LogP contribution in [0.4, 0.5) is 8.78 Å². The van der Waals surface area contributed by atoms with Crippen molar-refractivity contribution in [3.8, 4) is 5.75 Å². The van der Waals surface area contributed by atoms with E-state index >= 15 is 0 Å². The third-order valence-electron chi connectivity index (χ3n) is 4.49. The van der Waals surface area contributed by atoms with Crippen LogP contribution in [-0.4, -0.2) is 57.0 Å². The third-order valence-corrected chi connectivity index (χ3v) is 6.34. The van der Waals surface area contributed by atoms with Crippen LogP contribution in [-0.2, 0) is 15.8 Å². The van der Waals surface area contributed by atoms with Gasteiger partial charge in [-0.25, -0.2) is 17.2 Å². The van der Waals surface area contributed by atoms with E-state index in [2.05, 4.69) is 4.90 Å². The SMILES string of the molecule is O=S(=O)(Cc1ccc(F)cc1)N1CCN(CCOc2ccccc2F)CC1.